The van der Waals surface area contributed by atoms with Crippen LogP contribution in [0.4, 0.5) is 0 Å². The Labute approximate surface area is 168 Å². The highest BCUT2D eigenvalue weighted by Gasteiger charge is 2.20. The second-order valence-electron chi connectivity index (χ2n) is 7.71. The van der Waals surface area contributed by atoms with Crippen molar-refractivity contribution in [1.29, 1.82) is 0 Å². The van der Waals surface area contributed by atoms with Crippen LogP contribution in [0.1, 0.15) is 5.56 Å². The maximum atomic E-state index is 6.37. The smallest absolute Gasteiger partial charge is 0.213 e. The zero-order valence-electron chi connectivity index (χ0n) is 16.4. The van der Waals surface area contributed by atoms with Gasteiger partial charge in [-0.25, -0.2) is 0 Å². The molecule has 2 heterocycles. The fourth-order valence-corrected chi connectivity index (χ4v) is 4.64. The lowest BCUT2D eigenvalue weighted by Gasteiger charge is -2.07. The number of furan rings is 1. The van der Waals surface area contributed by atoms with Crippen LogP contribution in [-0.2, 0) is 7.05 Å². The Hall–Kier alpha value is -3.65. The topological polar surface area (TPSA) is 17.0 Å². The van der Waals surface area contributed by atoms with Gasteiger partial charge in [0.05, 0.1) is 5.56 Å². The highest BCUT2D eigenvalue weighted by molar-refractivity contribution is 6.19. The van der Waals surface area contributed by atoms with E-state index in [1.165, 1.54) is 49.3 Å². The standard InChI is InChI=1S/C27H20NO/c1-17-20(24-15-11-19-8-4-6-10-23(19)28(24)2)13-14-22-26-21-9-5-3-7-18(21)12-16-25(26)29-27(17)22/h3-16H,1-2H3/q+1. The molecule has 0 aliphatic rings. The number of rotatable bonds is 1. The molecule has 0 aliphatic carbocycles. The van der Waals surface area contributed by atoms with E-state index in [1.807, 2.05) is 0 Å². The molecule has 6 aromatic rings. The summed E-state index contributed by atoms with van der Waals surface area (Å²) in [7, 11) is 2.13. The third-order valence-electron chi connectivity index (χ3n) is 6.13. The molecule has 29 heavy (non-hydrogen) atoms. The molecular formula is C27H20NO+. The lowest BCUT2D eigenvalue weighted by Crippen LogP contribution is -2.32. The number of fused-ring (bicyclic) bond motifs is 6. The van der Waals surface area contributed by atoms with E-state index in [-0.39, 0.29) is 0 Å². The summed E-state index contributed by atoms with van der Waals surface area (Å²) < 4.78 is 8.64. The minimum Gasteiger partial charge on any atom is -0.456 e. The van der Waals surface area contributed by atoms with E-state index in [4.69, 9.17) is 4.42 Å². The molecule has 4 aromatic carbocycles. The van der Waals surface area contributed by atoms with E-state index < -0.39 is 0 Å². The molecule has 0 fully saturated rings. The summed E-state index contributed by atoms with van der Waals surface area (Å²) >= 11 is 0. The zero-order valence-corrected chi connectivity index (χ0v) is 16.4. The molecule has 2 nitrogen and oxygen atoms in total. The van der Waals surface area contributed by atoms with Crippen LogP contribution in [0.25, 0.3) is 54.9 Å². The van der Waals surface area contributed by atoms with Crippen LogP contribution in [-0.4, -0.2) is 0 Å². The quantitative estimate of drug-likeness (QED) is 0.293. The molecule has 0 atom stereocenters. The van der Waals surface area contributed by atoms with Crippen molar-refractivity contribution in [3.8, 4) is 11.3 Å². The van der Waals surface area contributed by atoms with Crippen molar-refractivity contribution < 1.29 is 8.98 Å². The van der Waals surface area contributed by atoms with Crippen molar-refractivity contribution in [2.45, 2.75) is 6.92 Å². The Morgan fingerprint density at radius 2 is 1.45 bits per heavy atom. The van der Waals surface area contributed by atoms with E-state index in [0.717, 1.165) is 11.2 Å². The van der Waals surface area contributed by atoms with Crippen LogP contribution in [0.15, 0.2) is 89.3 Å². The summed E-state index contributed by atoms with van der Waals surface area (Å²) in [6, 6.07) is 30.1. The number of benzene rings is 4. The van der Waals surface area contributed by atoms with Gasteiger partial charge in [0.25, 0.3) is 0 Å². The van der Waals surface area contributed by atoms with Gasteiger partial charge in [-0.05, 0) is 48.0 Å². The summed E-state index contributed by atoms with van der Waals surface area (Å²) in [6.07, 6.45) is 0. The van der Waals surface area contributed by atoms with Crippen LogP contribution < -0.4 is 4.57 Å². The predicted octanol–water partition coefficient (Wildman–Crippen LogP) is 6.69. The zero-order chi connectivity index (χ0) is 19.5. The summed E-state index contributed by atoms with van der Waals surface area (Å²) in [5.74, 6) is 0. The number of hydrogen-bond donors (Lipinski definition) is 0. The summed E-state index contributed by atoms with van der Waals surface area (Å²) in [5.41, 5.74) is 6.71. The minimum absolute atomic E-state index is 0.946. The number of pyridine rings is 1. The molecule has 0 unspecified atom stereocenters. The van der Waals surface area contributed by atoms with E-state index in [1.54, 1.807) is 0 Å². The Morgan fingerprint density at radius 1 is 0.690 bits per heavy atom. The molecular weight excluding hydrogens is 354 g/mol. The fraction of sp³-hybridized carbons (Fsp3) is 0.0741. The van der Waals surface area contributed by atoms with Gasteiger partial charge in [0, 0.05) is 33.9 Å². The van der Waals surface area contributed by atoms with Crippen molar-refractivity contribution in [2.24, 2.45) is 7.05 Å². The van der Waals surface area contributed by atoms with E-state index >= 15 is 0 Å². The number of nitrogens with zero attached hydrogens (tertiary/aromatic N) is 1. The van der Waals surface area contributed by atoms with Gasteiger partial charge in [0.1, 0.15) is 18.2 Å². The Balaban J connectivity index is 1.68. The Morgan fingerprint density at radius 3 is 2.34 bits per heavy atom. The first-order valence-corrected chi connectivity index (χ1v) is 9.94. The third kappa shape index (κ3) is 2.26. The van der Waals surface area contributed by atoms with Crippen molar-refractivity contribution in [2.75, 3.05) is 0 Å². The molecule has 138 valence electrons. The number of aryl methyl sites for hydroxylation is 2. The van der Waals surface area contributed by atoms with E-state index in [9.17, 15) is 0 Å². The van der Waals surface area contributed by atoms with Gasteiger partial charge in [-0.3, -0.25) is 0 Å². The Kier molecular flexibility index (Phi) is 3.33. The molecule has 0 saturated heterocycles. The van der Waals surface area contributed by atoms with Gasteiger partial charge in [-0.1, -0.05) is 42.5 Å². The lowest BCUT2D eigenvalue weighted by molar-refractivity contribution is -0.633. The minimum atomic E-state index is 0.946. The first kappa shape index (κ1) is 16.3. The predicted molar refractivity (Wildman–Crippen MR) is 120 cm³/mol. The van der Waals surface area contributed by atoms with Crippen molar-refractivity contribution >= 4 is 43.6 Å². The summed E-state index contributed by atoms with van der Waals surface area (Å²) in [4.78, 5) is 0. The van der Waals surface area contributed by atoms with E-state index in [0.29, 0.717) is 0 Å². The van der Waals surface area contributed by atoms with Gasteiger partial charge in [-0.15, -0.1) is 0 Å². The van der Waals surface area contributed by atoms with Gasteiger partial charge in [-0.2, -0.15) is 4.57 Å². The molecule has 2 heteroatoms. The summed E-state index contributed by atoms with van der Waals surface area (Å²) in [5, 5.41) is 6.11. The van der Waals surface area contributed by atoms with Crippen LogP contribution in [0.5, 0.6) is 0 Å². The molecule has 0 aliphatic heterocycles. The molecule has 0 amide bonds. The number of para-hydroxylation sites is 1. The second-order valence-corrected chi connectivity index (χ2v) is 7.71. The summed E-state index contributed by atoms with van der Waals surface area (Å²) in [6.45, 7) is 2.16. The van der Waals surface area contributed by atoms with Crippen LogP contribution in [0, 0.1) is 6.92 Å². The van der Waals surface area contributed by atoms with Gasteiger partial charge in [0.2, 0.25) is 11.2 Å². The largest absolute Gasteiger partial charge is 0.456 e. The molecule has 6 rings (SSSR count). The molecule has 0 saturated carbocycles. The first-order valence-electron chi connectivity index (χ1n) is 9.94. The fourth-order valence-electron chi connectivity index (χ4n) is 4.64. The van der Waals surface area contributed by atoms with Crippen molar-refractivity contribution in [3.63, 3.8) is 0 Å². The number of aromatic nitrogens is 1. The molecule has 0 spiro atoms. The van der Waals surface area contributed by atoms with Gasteiger partial charge < -0.3 is 4.42 Å². The molecule has 0 N–H and O–H groups in total. The number of hydrogen-bond acceptors (Lipinski definition) is 1. The molecule has 2 aromatic heterocycles. The maximum Gasteiger partial charge on any atom is 0.213 e. The highest BCUT2D eigenvalue weighted by Crippen LogP contribution is 2.38. The molecule has 0 radical (unpaired) electrons. The second kappa shape index (κ2) is 5.92. The lowest BCUT2D eigenvalue weighted by atomic mass is 9.98. The van der Waals surface area contributed by atoms with Crippen LogP contribution >= 0.6 is 0 Å². The average molecular weight is 374 g/mol. The highest BCUT2D eigenvalue weighted by atomic mass is 16.3. The molecule has 0 bridgehead atoms. The average Bonchev–Trinajstić information content (AvgIpc) is 3.15. The van der Waals surface area contributed by atoms with Crippen molar-refractivity contribution in [3.05, 3.63) is 90.5 Å². The van der Waals surface area contributed by atoms with Crippen LogP contribution in [0.2, 0.25) is 0 Å². The van der Waals surface area contributed by atoms with Crippen LogP contribution in [0.3, 0.4) is 0 Å². The monoisotopic (exact) mass is 374 g/mol. The van der Waals surface area contributed by atoms with Gasteiger partial charge in [0.15, 0.2) is 0 Å². The normalized spacial score (nSPS) is 11.8. The Bertz CT molecular complexity index is 1570. The first-order chi connectivity index (χ1) is 14.2. The maximum absolute atomic E-state index is 6.37. The third-order valence-corrected chi connectivity index (χ3v) is 6.13. The van der Waals surface area contributed by atoms with E-state index in [2.05, 4.69) is 103 Å². The van der Waals surface area contributed by atoms with Crippen molar-refractivity contribution in [1.82, 2.24) is 0 Å². The van der Waals surface area contributed by atoms with Gasteiger partial charge >= 0.3 is 0 Å². The SMILES string of the molecule is Cc1c(-c2ccc3ccccc3[n+]2C)ccc2c1oc1ccc3ccccc3c12.